The molecule has 1 aromatic heterocycles. The molecule has 0 bridgehead atoms. The van der Waals surface area contributed by atoms with E-state index in [2.05, 4.69) is 25.8 Å². The molecule has 4 heterocycles. The number of fused-ring (bicyclic) bond motifs is 2. The van der Waals surface area contributed by atoms with Crippen LogP contribution in [-0.2, 0) is 6.54 Å². The molecule has 5 nitrogen and oxygen atoms in total. The second-order valence-electron chi connectivity index (χ2n) is 9.44. The lowest BCUT2D eigenvalue weighted by atomic mass is 9.80. The predicted octanol–water partition coefficient (Wildman–Crippen LogP) is 1.96. The van der Waals surface area contributed by atoms with Crippen molar-refractivity contribution in [3.05, 3.63) is 30.1 Å². The van der Waals surface area contributed by atoms with Gasteiger partial charge in [-0.3, -0.25) is 19.7 Å². The number of halogens is 2. The van der Waals surface area contributed by atoms with Crippen LogP contribution in [0.3, 0.4) is 0 Å². The summed E-state index contributed by atoms with van der Waals surface area (Å²) in [5.41, 5.74) is 1.28. The Hall–Kier alpha value is -1.15. The van der Waals surface area contributed by atoms with Crippen molar-refractivity contribution in [3.8, 4) is 0 Å². The van der Waals surface area contributed by atoms with Gasteiger partial charge in [-0.25, -0.2) is 8.78 Å². The number of alkyl halides is 2. The molecule has 2 atom stereocenters. The van der Waals surface area contributed by atoms with Gasteiger partial charge in [0.05, 0.1) is 11.6 Å². The molecule has 0 amide bonds. The number of nitrogens with zero attached hydrogens (tertiary/aromatic N) is 4. The highest BCUT2D eigenvalue weighted by atomic mass is 19.3. The molecule has 4 aliphatic rings. The highest BCUT2D eigenvalue weighted by molar-refractivity contribution is 5.16. The minimum atomic E-state index is -2.46. The summed E-state index contributed by atoms with van der Waals surface area (Å²) < 4.78 is 27.0. The molecule has 4 fully saturated rings. The molecule has 5 rings (SSSR count). The Morgan fingerprint density at radius 3 is 2.61 bits per heavy atom. The maximum absolute atomic E-state index is 13.5. The predicted molar refractivity (Wildman–Crippen MR) is 102 cm³/mol. The summed E-state index contributed by atoms with van der Waals surface area (Å²) >= 11 is 0. The van der Waals surface area contributed by atoms with E-state index in [1.807, 2.05) is 12.3 Å². The maximum atomic E-state index is 13.5. The zero-order valence-corrected chi connectivity index (χ0v) is 16.3. The number of rotatable bonds is 3. The van der Waals surface area contributed by atoms with Crippen molar-refractivity contribution >= 4 is 0 Å². The molecular weight excluding hydrogens is 362 g/mol. The van der Waals surface area contributed by atoms with Gasteiger partial charge in [0, 0.05) is 76.6 Å². The van der Waals surface area contributed by atoms with Gasteiger partial charge in [0.15, 0.2) is 0 Å². The maximum Gasteiger partial charge on any atom is 0.248 e. The van der Waals surface area contributed by atoms with Crippen molar-refractivity contribution in [1.29, 1.82) is 0 Å². The van der Waals surface area contributed by atoms with E-state index in [1.165, 1.54) is 5.56 Å². The Labute approximate surface area is 165 Å². The number of pyridine rings is 1. The minimum Gasteiger partial charge on any atom is -0.392 e. The Morgan fingerprint density at radius 1 is 1.11 bits per heavy atom. The summed E-state index contributed by atoms with van der Waals surface area (Å²) in [6, 6.07) is 4.78. The lowest BCUT2D eigenvalue weighted by Crippen LogP contribution is -2.79. The summed E-state index contributed by atoms with van der Waals surface area (Å²) in [6.07, 6.45) is 5.58. The summed E-state index contributed by atoms with van der Waals surface area (Å²) in [5.74, 6) is -2.46. The highest BCUT2D eigenvalue weighted by Crippen LogP contribution is 2.43. The molecule has 1 spiro atoms. The van der Waals surface area contributed by atoms with Gasteiger partial charge >= 0.3 is 0 Å². The molecule has 3 aliphatic heterocycles. The second kappa shape index (κ2) is 6.97. The molecular formula is C21H30F2N4O. The number of hydrogen-bond donors (Lipinski definition) is 1. The third-order valence-electron chi connectivity index (χ3n) is 7.32. The van der Waals surface area contributed by atoms with Crippen LogP contribution in [-0.4, -0.2) is 87.2 Å². The van der Waals surface area contributed by atoms with Gasteiger partial charge in [0.25, 0.3) is 0 Å². The van der Waals surface area contributed by atoms with Crippen LogP contribution in [0.25, 0.3) is 0 Å². The third-order valence-corrected chi connectivity index (χ3v) is 7.32. The summed E-state index contributed by atoms with van der Waals surface area (Å²) in [6.45, 7) is 5.47. The molecule has 154 valence electrons. The van der Waals surface area contributed by atoms with Crippen molar-refractivity contribution in [2.45, 2.75) is 68.3 Å². The number of β-amino-alcohol motifs (C(OH)–C–C–N with tert-alkyl or cyclic N) is 1. The van der Waals surface area contributed by atoms with E-state index in [0.29, 0.717) is 24.9 Å². The first-order valence-electron chi connectivity index (χ1n) is 10.6. The van der Waals surface area contributed by atoms with Gasteiger partial charge in [-0.15, -0.1) is 0 Å². The Morgan fingerprint density at radius 2 is 1.89 bits per heavy atom. The zero-order valence-electron chi connectivity index (χ0n) is 16.3. The van der Waals surface area contributed by atoms with Crippen LogP contribution in [0, 0.1) is 0 Å². The van der Waals surface area contributed by atoms with Crippen LogP contribution in [0.2, 0.25) is 0 Å². The Bertz CT molecular complexity index is 687. The van der Waals surface area contributed by atoms with Gasteiger partial charge < -0.3 is 5.11 Å². The van der Waals surface area contributed by atoms with Gasteiger partial charge in [-0.2, -0.15) is 0 Å². The van der Waals surface area contributed by atoms with Crippen molar-refractivity contribution in [3.63, 3.8) is 0 Å². The van der Waals surface area contributed by atoms with Crippen molar-refractivity contribution in [2.75, 3.05) is 32.7 Å². The highest BCUT2D eigenvalue weighted by Gasteiger charge is 2.57. The van der Waals surface area contributed by atoms with E-state index in [9.17, 15) is 13.9 Å². The quantitative estimate of drug-likeness (QED) is 0.852. The second-order valence-corrected chi connectivity index (χ2v) is 9.44. The normalized spacial score (nSPS) is 33.7. The van der Waals surface area contributed by atoms with Crippen molar-refractivity contribution < 1.29 is 13.9 Å². The fourth-order valence-electron chi connectivity index (χ4n) is 6.03. The van der Waals surface area contributed by atoms with Gasteiger partial charge in [0.2, 0.25) is 5.92 Å². The molecule has 1 saturated carbocycles. The van der Waals surface area contributed by atoms with E-state index >= 15 is 0 Å². The topological polar surface area (TPSA) is 42.8 Å². The van der Waals surface area contributed by atoms with E-state index in [1.54, 1.807) is 6.20 Å². The molecule has 2 unspecified atom stereocenters. The molecule has 1 aliphatic carbocycles. The van der Waals surface area contributed by atoms with Crippen LogP contribution in [0.5, 0.6) is 0 Å². The fourth-order valence-corrected chi connectivity index (χ4v) is 6.03. The third kappa shape index (κ3) is 3.47. The smallest absolute Gasteiger partial charge is 0.248 e. The molecule has 3 saturated heterocycles. The minimum absolute atomic E-state index is 0.0271. The molecule has 7 heteroatoms. The lowest BCUT2D eigenvalue weighted by Gasteiger charge is -2.63. The van der Waals surface area contributed by atoms with Crippen LogP contribution in [0.1, 0.15) is 37.7 Å². The van der Waals surface area contributed by atoms with E-state index in [4.69, 9.17) is 0 Å². The number of aliphatic hydroxyl groups is 1. The van der Waals surface area contributed by atoms with Gasteiger partial charge in [-0.05, 0) is 30.9 Å². The van der Waals surface area contributed by atoms with Crippen molar-refractivity contribution in [2.24, 2.45) is 0 Å². The summed E-state index contributed by atoms with van der Waals surface area (Å²) in [4.78, 5) is 11.7. The molecule has 0 radical (unpaired) electrons. The Balaban J connectivity index is 1.27. The van der Waals surface area contributed by atoms with E-state index < -0.39 is 5.92 Å². The first kappa shape index (κ1) is 18.9. The first-order valence-corrected chi connectivity index (χ1v) is 10.6. The van der Waals surface area contributed by atoms with Crippen molar-refractivity contribution in [1.82, 2.24) is 19.7 Å². The number of aliphatic hydroxyl groups excluding tert-OH is 1. The van der Waals surface area contributed by atoms with E-state index in [-0.39, 0.29) is 24.5 Å². The van der Waals surface area contributed by atoms with Crippen LogP contribution in [0.4, 0.5) is 8.78 Å². The molecule has 1 aromatic rings. The number of piperazine rings is 1. The van der Waals surface area contributed by atoms with E-state index in [0.717, 1.165) is 45.7 Å². The van der Waals surface area contributed by atoms with Crippen LogP contribution in [0.15, 0.2) is 24.5 Å². The van der Waals surface area contributed by atoms with Gasteiger partial charge in [0.1, 0.15) is 0 Å². The number of hydrogen-bond acceptors (Lipinski definition) is 5. The molecule has 1 N–H and O–H groups in total. The SMILES string of the molecule is OC1CC2CN(Cc3cccnc3)CC3(CN(C4CCC(F)(F)CC4)C3)N2C1. The number of aromatic nitrogens is 1. The summed E-state index contributed by atoms with van der Waals surface area (Å²) in [7, 11) is 0. The monoisotopic (exact) mass is 392 g/mol. The Kier molecular flexibility index (Phi) is 4.69. The summed E-state index contributed by atoms with van der Waals surface area (Å²) in [5, 5.41) is 10.3. The van der Waals surface area contributed by atoms with Crippen LogP contribution < -0.4 is 0 Å². The first-order chi connectivity index (χ1) is 13.4. The molecule has 0 aromatic carbocycles. The number of likely N-dealkylation sites (tertiary alicyclic amines) is 1. The van der Waals surface area contributed by atoms with Gasteiger partial charge in [-0.1, -0.05) is 6.07 Å². The molecule has 28 heavy (non-hydrogen) atoms. The standard InChI is InChI=1S/C21H30F2N4O/c22-21(23)5-3-17(4-6-21)26-14-20(15-26)13-25(10-16-2-1-7-24-9-16)11-18-8-19(28)12-27(18)20/h1-2,7,9,17-19,28H,3-6,8,10-15H2. The van der Waals surface area contributed by atoms with Crippen LogP contribution >= 0.6 is 0 Å². The largest absolute Gasteiger partial charge is 0.392 e. The zero-order chi connectivity index (χ0) is 19.4. The average Bonchev–Trinajstić information content (AvgIpc) is 3.01. The average molecular weight is 392 g/mol. The lowest BCUT2D eigenvalue weighted by molar-refractivity contribution is -0.142. The fraction of sp³-hybridized carbons (Fsp3) is 0.762.